The fraction of sp³-hybridized carbons (Fsp3) is 0.482. The van der Waals surface area contributed by atoms with E-state index in [0.717, 1.165) is 27.1 Å². The fourth-order valence-corrected chi connectivity index (χ4v) is 9.12. The van der Waals surface area contributed by atoms with E-state index in [0.29, 0.717) is 24.8 Å². The number of aliphatic imine (C=N–C) groups is 2. The van der Waals surface area contributed by atoms with Crippen molar-refractivity contribution in [2.45, 2.75) is 141 Å². The zero-order valence-corrected chi connectivity index (χ0v) is 44.4. The summed E-state index contributed by atoms with van der Waals surface area (Å²) in [5.74, 6) is -4.57. The smallest absolute Gasteiger partial charge is 0.243 e. The highest BCUT2D eigenvalue weighted by atomic mass is 16.2. The van der Waals surface area contributed by atoms with Gasteiger partial charge in [0.15, 0.2) is 11.9 Å². The van der Waals surface area contributed by atoms with Crippen molar-refractivity contribution >= 4 is 74.8 Å². The normalized spacial score (nSPS) is 21.2. The minimum atomic E-state index is -1.29. The maximum atomic E-state index is 14.8. The second-order valence-electron chi connectivity index (χ2n) is 20.5. The van der Waals surface area contributed by atoms with Crippen LogP contribution < -0.4 is 60.2 Å². The van der Waals surface area contributed by atoms with Crippen molar-refractivity contribution in [3.05, 3.63) is 96.1 Å². The fourth-order valence-electron chi connectivity index (χ4n) is 9.12. The van der Waals surface area contributed by atoms with Gasteiger partial charge in [0.2, 0.25) is 41.4 Å². The Balaban J connectivity index is 1.54. The van der Waals surface area contributed by atoms with Gasteiger partial charge in [-0.05, 0) is 95.9 Å². The molecule has 1 aliphatic rings. The minimum Gasteiger partial charge on any atom is -0.370 e. The van der Waals surface area contributed by atoms with Gasteiger partial charge in [0, 0.05) is 38.9 Å². The molecule has 20 heteroatoms. The molecule has 7 amide bonds. The molecule has 0 spiro atoms. The number of benzene rings is 4. The van der Waals surface area contributed by atoms with Crippen LogP contribution in [-0.2, 0) is 46.4 Å². The molecule has 6 atom stereocenters. The predicted octanol–water partition coefficient (Wildman–Crippen LogP) is 2.58. The maximum absolute atomic E-state index is 14.8. The van der Waals surface area contributed by atoms with E-state index in [1.807, 2.05) is 113 Å². The van der Waals surface area contributed by atoms with E-state index in [9.17, 15) is 33.6 Å². The molecule has 0 saturated carbocycles. The van der Waals surface area contributed by atoms with Crippen LogP contribution in [0.3, 0.4) is 0 Å². The van der Waals surface area contributed by atoms with Gasteiger partial charge >= 0.3 is 0 Å². The lowest BCUT2D eigenvalue weighted by Gasteiger charge is -2.28. The summed E-state index contributed by atoms with van der Waals surface area (Å²) in [6.07, 6.45) is 2.77. The van der Waals surface area contributed by atoms with Crippen LogP contribution in [0.25, 0.3) is 21.5 Å². The number of nitrogens with one attached hydrogen (secondary N) is 7. The Bertz CT molecular complexity index is 2680. The van der Waals surface area contributed by atoms with Gasteiger partial charge in [-0.15, -0.1) is 0 Å². The number of rotatable bonds is 16. The van der Waals surface area contributed by atoms with Gasteiger partial charge in [0.05, 0.1) is 0 Å². The van der Waals surface area contributed by atoms with Gasteiger partial charge in [-0.25, -0.2) is 0 Å². The highest BCUT2D eigenvalue weighted by molar-refractivity contribution is 5.97. The highest BCUT2D eigenvalue weighted by Gasteiger charge is 2.34. The Morgan fingerprint density at radius 2 is 0.868 bits per heavy atom. The molecule has 4 aromatic carbocycles. The molecule has 1 saturated heterocycles. The summed E-state index contributed by atoms with van der Waals surface area (Å²) in [5.41, 5.74) is 23.9. The van der Waals surface area contributed by atoms with Crippen molar-refractivity contribution in [3.8, 4) is 0 Å². The summed E-state index contributed by atoms with van der Waals surface area (Å²) in [6, 6.07) is 20.0. The zero-order chi connectivity index (χ0) is 55.1. The van der Waals surface area contributed by atoms with Gasteiger partial charge in [-0.1, -0.05) is 119 Å². The van der Waals surface area contributed by atoms with Gasteiger partial charge < -0.3 is 60.2 Å². The molecular formula is C56H79N13O7. The molecule has 0 radical (unpaired) electrons. The minimum absolute atomic E-state index is 0.0182. The Hall–Kier alpha value is -7.77. The lowest BCUT2D eigenvalue weighted by Crippen LogP contribution is -2.60. The molecule has 20 nitrogen and oxygen atoms in total. The van der Waals surface area contributed by atoms with Gasteiger partial charge in [-0.3, -0.25) is 43.5 Å². The van der Waals surface area contributed by atoms with Gasteiger partial charge in [-0.2, -0.15) is 0 Å². The summed E-state index contributed by atoms with van der Waals surface area (Å²) in [5, 5.41) is 24.0. The third-order valence-corrected chi connectivity index (χ3v) is 13.0. The van der Waals surface area contributed by atoms with Crippen LogP contribution in [0.4, 0.5) is 0 Å². The van der Waals surface area contributed by atoms with Gasteiger partial charge in [0.25, 0.3) is 0 Å². The van der Waals surface area contributed by atoms with Crippen molar-refractivity contribution in [2.75, 3.05) is 19.6 Å². The first kappa shape index (κ1) is 59.1. The average Bonchev–Trinajstić information content (AvgIpc) is 3.37. The van der Waals surface area contributed by atoms with Crippen LogP contribution >= 0.6 is 0 Å². The Labute approximate surface area is 445 Å². The summed E-state index contributed by atoms with van der Waals surface area (Å²) >= 11 is 0. The first-order valence-corrected chi connectivity index (χ1v) is 26.5. The van der Waals surface area contributed by atoms with Crippen molar-refractivity contribution < 1.29 is 33.6 Å². The zero-order valence-electron chi connectivity index (χ0n) is 44.4. The van der Waals surface area contributed by atoms with Crippen LogP contribution in [0, 0.1) is 11.8 Å². The van der Waals surface area contributed by atoms with E-state index in [-0.39, 0.29) is 107 Å². The molecule has 5 rings (SSSR count). The monoisotopic (exact) mass is 1050 g/mol. The molecule has 0 aliphatic carbocycles. The van der Waals surface area contributed by atoms with E-state index in [1.165, 1.54) is 0 Å². The van der Waals surface area contributed by atoms with E-state index in [4.69, 9.17) is 22.9 Å². The van der Waals surface area contributed by atoms with Crippen LogP contribution in [0.15, 0.2) is 94.9 Å². The SMILES string of the molecule is CC(C)C[C@@H]1NC(=O)CCCCCNC(=O)[C@H](Cc2ccc3ccccc3c2)NC(=O)[C@H](CCCN=C(N)N)NC(=O)[C@H](CC(C)C)NC(=O)[C@H](Cc2ccc3ccccc3c2)NC(=O)[C@H](CCCN=C(N)N)NC1=O. The summed E-state index contributed by atoms with van der Waals surface area (Å²) in [7, 11) is 0. The topological polar surface area (TPSA) is 332 Å². The standard InChI is InChI=1S/C56H79N13O7/c1-34(2)28-44-52(74)65-43(19-13-27-63-56(59)60)51(73)69-47(33-37-22-24-39-15-8-10-17-41(39)31-37)54(76)67-45(29-35(3)4)53(75)66-42(18-12-26-62-55(57)58)50(72)68-46(49(71)61-25-11-5-6-20-48(70)64-44)32-36-21-23-38-14-7-9-16-40(38)30-36/h7-10,14-17,21-24,30-31,34-35,42-47H,5-6,11-13,18-20,25-29,32-33H2,1-4H3,(H,61,71)(H,64,70)(H,65,74)(H,66,75)(H,67,76)(H,68,72)(H,69,73)(H4,57,58,62)(H4,59,60,63)/t42-,43-,44-,45-,46-,47-/m0/s1. The number of guanidine groups is 2. The molecule has 1 heterocycles. The number of nitrogens with zero attached hydrogens (tertiary/aromatic N) is 2. The molecule has 410 valence electrons. The Kier molecular flexibility index (Phi) is 23.3. The third-order valence-electron chi connectivity index (χ3n) is 13.0. The van der Waals surface area contributed by atoms with Crippen molar-refractivity contribution in [1.29, 1.82) is 0 Å². The van der Waals surface area contributed by atoms with Crippen LogP contribution in [-0.4, -0.2) is 109 Å². The number of carbonyl (C=O) groups excluding carboxylic acids is 7. The first-order chi connectivity index (χ1) is 36.3. The first-order valence-electron chi connectivity index (χ1n) is 26.5. The molecule has 0 aromatic heterocycles. The van der Waals surface area contributed by atoms with E-state index in [2.05, 4.69) is 47.2 Å². The number of hydrogen-bond acceptors (Lipinski definition) is 9. The number of amides is 7. The van der Waals surface area contributed by atoms with Crippen LogP contribution in [0.2, 0.25) is 0 Å². The van der Waals surface area contributed by atoms with Crippen molar-refractivity contribution in [1.82, 2.24) is 37.2 Å². The van der Waals surface area contributed by atoms with Crippen molar-refractivity contribution in [2.24, 2.45) is 44.8 Å². The third kappa shape index (κ3) is 19.8. The molecule has 4 aromatic rings. The second kappa shape index (κ2) is 29.9. The Morgan fingerprint density at radius 1 is 0.474 bits per heavy atom. The molecule has 1 aliphatic heterocycles. The maximum Gasteiger partial charge on any atom is 0.243 e. The summed E-state index contributed by atoms with van der Waals surface area (Å²) in [4.78, 5) is 108. The second-order valence-corrected chi connectivity index (χ2v) is 20.5. The average molecular weight is 1050 g/mol. The lowest BCUT2D eigenvalue weighted by molar-refractivity contribution is -0.135. The molecule has 76 heavy (non-hydrogen) atoms. The molecule has 1 fully saturated rings. The summed E-state index contributed by atoms with van der Waals surface area (Å²) in [6.45, 7) is 8.11. The predicted molar refractivity (Wildman–Crippen MR) is 297 cm³/mol. The van der Waals surface area contributed by atoms with E-state index < -0.39 is 71.7 Å². The van der Waals surface area contributed by atoms with Crippen molar-refractivity contribution in [3.63, 3.8) is 0 Å². The molecular weight excluding hydrogens is 967 g/mol. The van der Waals surface area contributed by atoms with Crippen LogP contribution in [0.5, 0.6) is 0 Å². The van der Waals surface area contributed by atoms with E-state index in [1.54, 1.807) is 0 Å². The molecule has 0 unspecified atom stereocenters. The number of carbonyl (C=O) groups is 7. The van der Waals surface area contributed by atoms with E-state index >= 15 is 0 Å². The number of hydrogen-bond donors (Lipinski definition) is 11. The summed E-state index contributed by atoms with van der Waals surface area (Å²) < 4.78 is 0. The number of nitrogens with two attached hydrogens (primary N) is 4. The highest BCUT2D eigenvalue weighted by Crippen LogP contribution is 2.20. The van der Waals surface area contributed by atoms with Gasteiger partial charge in [0.1, 0.15) is 36.3 Å². The lowest BCUT2D eigenvalue weighted by atomic mass is 9.98. The number of fused-ring (bicyclic) bond motifs is 2. The Morgan fingerprint density at radius 3 is 1.33 bits per heavy atom. The quantitative estimate of drug-likeness (QED) is 0.0440. The van der Waals surface area contributed by atoms with Crippen LogP contribution in [0.1, 0.15) is 103 Å². The molecule has 15 N–H and O–H groups in total. The molecule has 0 bridgehead atoms. The largest absolute Gasteiger partial charge is 0.370 e.